The van der Waals surface area contributed by atoms with Gasteiger partial charge in [0.15, 0.2) is 0 Å². The summed E-state index contributed by atoms with van der Waals surface area (Å²) in [6.45, 7) is 4.63. The number of benzene rings is 2. The number of unbranched alkanes of at least 4 members (excludes halogenated alkanes) is 6. The quantitative estimate of drug-likeness (QED) is 0.138. The Morgan fingerprint density at radius 2 is 1.08 bits per heavy atom. The first kappa shape index (κ1) is 31.3. The Morgan fingerprint density at radius 1 is 0.490 bits per heavy atom. The van der Waals surface area contributed by atoms with E-state index in [0.29, 0.717) is 0 Å². The van der Waals surface area contributed by atoms with E-state index in [4.69, 9.17) is 9.97 Å². The Morgan fingerprint density at radius 3 is 1.78 bits per heavy atom. The maximum atomic E-state index is 5.00. The largest absolute Gasteiger partial charge is 0.355 e. The van der Waals surface area contributed by atoms with Crippen molar-refractivity contribution in [2.75, 3.05) is 0 Å². The molecule has 246 valence electrons. The number of aromatic nitrogens is 4. The molecule has 2 aromatic carbocycles. The normalized spacial score (nSPS) is 13.9. The third-order valence-electron chi connectivity index (χ3n) is 10.6. The SMILES string of the molecule is CCCCCCC1(CCCCCC)c2ccccc2-c2cccc(-c3cc4cc5ccc(cc6nc(cc7nc(cc3[nH]4)C=C7)C=C6)[nH]5)c21. The van der Waals surface area contributed by atoms with Gasteiger partial charge in [0.1, 0.15) is 0 Å². The number of hydrogen-bond donors (Lipinski definition) is 2. The van der Waals surface area contributed by atoms with Gasteiger partial charge < -0.3 is 9.97 Å². The van der Waals surface area contributed by atoms with E-state index in [9.17, 15) is 0 Å². The van der Waals surface area contributed by atoms with Gasteiger partial charge in [-0.25, -0.2) is 9.97 Å². The number of aromatic amines is 2. The molecule has 0 atom stereocenters. The van der Waals surface area contributed by atoms with Gasteiger partial charge in [-0.3, -0.25) is 0 Å². The standard InChI is InChI=1S/C45H46N4/c1-3-5-7-11-24-45(25-12-8-6-4-2)42-17-10-9-14-38(42)39-15-13-16-40(44(39)45)41-29-37-28-35-21-20-33(47-35)26-31-18-19-32(46-31)27-34-22-23-36(48-34)30-43(41)49-37/h9-10,13-23,26-30,47,49H,3-8,11-12,24-25H2,1-2H3. The molecule has 3 aromatic heterocycles. The van der Waals surface area contributed by atoms with E-state index in [-0.39, 0.29) is 5.41 Å². The highest BCUT2D eigenvalue weighted by Crippen LogP contribution is 2.57. The molecule has 0 saturated heterocycles. The molecule has 2 N–H and O–H groups in total. The summed E-state index contributed by atoms with van der Waals surface area (Å²) < 4.78 is 0. The molecule has 5 heterocycles. The molecule has 0 unspecified atom stereocenters. The van der Waals surface area contributed by atoms with Crippen LogP contribution < -0.4 is 0 Å². The molecule has 1 aliphatic carbocycles. The van der Waals surface area contributed by atoms with E-state index in [1.165, 1.54) is 97.6 Å². The van der Waals surface area contributed by atoms with E-state index >= 15 is 0 Å². The van der Waals surface area contributed by atoms with Crippen LogP contribution in [0.5, 0.6) is 0 Å². The van der Waals surface area contributed by atoms with E-state index < -0.39 is 0 Å². The molecular weight excluding hydrogens is 597 g/mol. The topological polar surface area (TPSA) is 57.4 Å². The van der Waals surface area contributed by atoms with Crippen molar-refractivity contribution in [3.63, 3.8) is 0 Å². The maximum Gasteiger partial charge on any atom is 0.0659 e. The van der Waals surface area contributed by atoms with Crippen LogP contribution in [0.15, 0.2) is 84.9 Å². The number of nitrogens with zero attached hydrogens (tertiary/aromatic N) is 2. The number of fused-ring (bicyclic) bond motifs is 11. The monoisotopic (exact) mass is 642 g/mol. The van der Waals surface area contributed by atoms with Gasteiger partial charge in [-0.15, -0.1) is 0 Å². The average Bonchev–Trinajstić information content (AvgIpc) is 3.96. The molecule has 4 nitrogen and oxygen atoms in total. The predicted octanol–water partition coefficient (Wildman–Crippen LogP) is 12.5. The molecule has 2 aliphatic heterocycles. The molecule has 3 aliphatic rings. The van der Waals surface area contributed by atoms with Crippen molar-refractivity contribution in [1.82, 2.24) is 19.9 Å². The zero-order valence-electron chi connectivity index (χ0n) is 28.9. The third-order valence-corrected chi connectivity index (χ3v) is 10.6. The molecule has 5 aromatic rings. The number of H-pyrrole nitrogens is 2. The van der Waals surface area contributed by atoms with E-state index in [2.05, 4.69) is 133 Å². The molecule has 8 bridgehead atoms. The fraction of sp³-hybridized carbons (Fsp3) is 0.289. The van der Waals surface area contributed by atoms with Crippen LogP contribution >= 0.6 is 0 Å². The number of nitrogens with one attached hydrogen (secondary N) is 2. The van der Waals surface area contributed by atoms with E-state index in [0.717, 1.165) is 44.8 Å². The van der Waals surface area contributed by atoms with Crippen LogP contribution in [0.25, 0.3) is 68.6 Å². The molecule has 0 saturated carbocycles. The molecule has 0 radical (unpaired) electrons. The Labute approximate surface area is 290 Å². The maximum absolute atomic E-state index is 5.00. The highest BCUT2D eigenvalue weighted by atomic mass is 14.8. The Hall–Kier alpha value is -4.96. The van der Waals surface area contributed by atoms with Crippen molar-refractivity contribution in [2.45, 2.75) is 83.5 Å². The zero-order chi connectivity index (χ0) is 33.2. The lowest BCUT2D eigenvalue weighted by Crippen LogP contribution is -2.26. The number of rotatable bonds is 11. The summed E-state index contributed by atoms with van der Waals surface area (Å²) in [6, 6.07) is 31.5. The third kappa shape index (κ3) is 6.10. The van der Waals surface area contributed by atoms with Crippen LogP contribution in [0.2, 0.25) is 0 Å². The van der Waals surface area contributed by atoms with E-state index in [1.54, 1.807) is 0 Å². The Bertz CT molecular complexity index is 2210. The van der Waals surface area contributed by atoms with Crippen molar-refractivity contribution < 1.29 is 0 Å². The Balaban J connectivity index is 1.36. The second kappa shape index (κ2) is 13.5. The minimum atomic E-state index is -0.00618. The lowest BCUT2D eigenvalue weighted by atomic mass is 9.69. The lowest BCUT2D eigenvalue weighted by Gasteiger charge is -2.34. The Kier molecular flexibility index (Phi) is 8.63. The van der Waals surface area contributed by atoms with Gasteiger partial charge in [0.2, 0.25) is 0 Å². The first-order valence-corrected chi connectivity index (χ1v) is 18.5. The second-order valence-corrected chi connectivity index (χ2v) is 14.1. The fourth-order valence-electron chi connectivity index (χ4n) is 8.38. The van der Waals surface area contributed by atoms with Gasteiger partial charge in [-0.05, 0) is 107 Å². The van der Waals surface area contributed by atoms with Gasteiger partial charge in [-0.1, -0.05) is 108 Å². The minimum absolute atomic E-state index is 0.00618. The van der Waals surface area contributed by atoms with Crippen molar-refractivity contribution in [1.29, 1.82) is 0 Å². The summed E-state index contributed by atoms with van der Waals surface area (Å²) in [5.74, 6) is 0. The predicted molar refractivity (Wildman–Crippen MR) is 208 cm³/mol. The molecule has 49 heavy (non-hydrogen) atoms. The van der Waals surface area contributed by atoms with Crippen molar-refractivity contribution in [3.05, 3.63) is 119 Å². The first-order valence-electron chi connectivity index (χ1n) is 18.5. The smallest absolute Gasteiger partial charge is 0.0659 e. The first-order chi connectivity index (χ1) is 24.1. The molecule has 0 amide bonds. The number of hydrogen-bond acceptors (Lipinski definition) is 2. The van der Waals surface area contributed by atoms with Crippen molar-refractivity contribution in [2.24, 2.45) is 0 Å². The van der Waals surface area contributed by atoms with Gasteiger partial charge in [0, 0.05) is 33.0 Å². The average molecular weight is 643 g/mol. The summed E-state index contributed by atoms with van der Waals surface area (Å²) in [5.41, 5.74) is 16.4. The highest BCUT2D eigenvalue weighted by Gasteiger charge is 2.43. The van der Waals surface area contributed by atoms with Gasteiger partial charge in [0.05, 0.1) is 22.8 Å². The second-order valence-electron chi connectivity index (χ2n) is 14.1. The molecule has 4 heteroatoms. The van der Waals surface area contributed by atoms with Crippen LogP contribution in [0.3, 0.4) is 0 Å². The zero-order valence-corrected chi connectivity index (χ0v) is 28.9. The summed E-state index contributed by atoms with van der Waals surface area (Å²) >= 11 is 0. The van der Waals surface area contributed by atoms with Gasteiger partial charge in [0.25, 0.3) is 0 Å². The summed E-state index contributed by atoms with van der Waals surface area (Å²) in [7, 11) is 0. The molecule has 8 rings (SSSR count). The minimum Gasteiger partial charge on any atom is -0.355 e. The van der Waals surface area contributed by atoms with Crippen LogP contribution in [0.1, 0.15) is 112 Å². The summed E-state index contributed by atoms with van der Waals surface area (Å²) in [4.78, 5) is 17.2. The van der Waals surface area contributed by atoms with Crippen LogP contribution in [-0.2, 0) is 5.41 Å². The van der Waals surface area contributed by atoms with E-state index in [1.807, 2.05) is 0 Å². The summed E-state index contributed by atoms with van der Waals surface area (Å²) in [6.07, 6.45) is 20.8. The molecular formula is C45H46N4. The van der Waals surface area contributed by atoms with Gasteiger partial charge >= 0.3 is 0 Å². The van der Waals surface area contributed by atoms with Crippen LogP contribution in [0, 0.1) is 0 Å². The molecule has 0 fully saturated rings. The summed E-state index contributed by atoms with van der Waals surface area (Å²) in [5, 5.41) is 0. The van der Waals surface area contributed by atoms with Crippen molar-refractivity contribution >= 4 is 46.4 Å². The van der Waals surface area contributed by atoms with Crippen LogP contribution in [0.4, 0.5) is 0 Å². The van der Waals surface area contributed by atoms with Crippen LogP contribution in [-0.4, -0.2) is 19.9 Å². The molecule has 0 spiro atoms. The highest BCUT2D eigenvalue weighted by molar-refractivity contribution is 5.95. The fourth-order valence-corrected chi connectivity index (χ4v) is 8.38. The van der Waals surface area contributed by atoms with Gasteiger partial charge in [-0.2, -0.15) is 0 Å². The van der Waals surface area contributed by atoms with Crippen molar-refractivity contribution in [3.8, 4) is 22.3 Å². The lowest BCUT2D eigenvalue weighted by molar-refractivity contribution is 0.402.